The van der Waals surface area contributed by atoms with Gasteiger partial charge in [0.15, 0.2) is 0 Å². The van der Waals surface area contributed by atoms with Gasteiger partial charge in [-0.05, 0) is 56.5 Å². The first-order chi connectivity index (χ1) is 13.1. The number of nitrogens with zero attached hydrogens (tertiary/aromatic N) is 2. The number of benzene rings is 2. The van der Waals surface area contributed by atoms with Crippen LogP contribution in [0.2, 0.25) is 5.02 Å². The molecule has 2 heterocycles. The van der Waals surface area contributed by atoms with Crippen LogP contribution in [0.1, 0.15) is 37.3 Å². The van der Waals surface area contributed by atoms with E-state index in [-0.39, 0.29) is 24.0 Å². The fourth-order valence-corrected chi connectivity index (χ4v) is 4.03. The van der Waals surface area contributed by atoms with Gasteiger partial charge in [0.25, 0.3) is 5.91 Å². The molecule has 2 fully saturated rings. The van der Waals surface area contributed by atoms with Gasteiger partial charge in [-0.25, -0.2) is 9.69 Å². The van der Waals surface area contributed by atoms with Crippen molar-refractivity contribution in [2.45, 2.75) is 38.3 Å². The van der Waals surface area contributed by atoms with Crippen molar-refractivity contribution in [3.05, 3.63) is 64.7 Å². The zero-order valence-electron chi connectivity index (χ0n) is 15.0. The number of hydrogen-bond acceptors (Lipinski definition) is 2. The SMILES string of the molecule is CC1CCCC2C(=O)N(c3ccc(C#Cc4ccccc4)cc3Cl)C(=O)N12. The van der Waals surface area contributed by atoms with E-state index in [1.807, 2.05) is 37.3 Å². The third-order valence-electron chi connectivity index (χ3n) is 5.14. The summed E-state index contributed by atoms with van der Waals surface area (Å²) >= 11 is 6.42. The molecule has 4 rings (SSSR count). The van der Waals surface area contributed by atoms with Crippen LogP contribution in [-0.2, 0) is 4.79 Å². The number of hydrogen-bond donors (Lipinski definition) is 0. The molecule has 2 unspecified atom stereocenters. The monoisotopic (exact) mass is 378 g/mol. The maximum Gasteiger partial charge on any atom is 0.332 e. The van der Waals surface area contributed by atoms with Gasteiger partial charge in [-0.3, -0.25) is 4.79 Å². The quantitative estimate of drug-likeness (QED) is 0.543. The first-order valence-corrected chi connectivity index (χ1v) is 9.47. The van der Waals surface area contributed by atoms with Crippen LogP contribution in [0.5, 0.6) is 0 Å². The van der Waals surface area contributed by atoms with E-state index in [2.05, 4.69) is 11.8 Å². The Balaban J connectivity index is 1.63. The van der Waals surface area contributed by atoms with E-state index in [1.54, 1.807) is 23.1 Å². The number of piperidine rings is 1. The summed E-state index contributed by atoms with van der Waals surface area (Å²) in [4.78, 5) is 28.6. The third-order valence-corrected chi connectivity index (χ3v) is 5.44. The number of carbonyl (C=O) groups excluding carboxylic acids is 2. The number of urea groups is 1. The van der Waals surface area contributed by atoms with Crippen molar-refractivity contribution >= 4 is 29.2 Å². The summed E-state index contributed by atoms with van der Waals surface area (Å²) in [6.07, 6.45) is 2.59. The second kappa shape index (κ2) is 7.09. The van der Waals surface area contributed by atoms with E-state index in [1.165, 1.54) is 4.90 Å². The van der Waals surface area contributed by atoms with E-state index in [4.69, 9.17) is 11.6 Å². The predicted octanol–water partition coefficient (Wildman–Crippen LogP) is 4.45. The van der Waals surface area contributed by atoms with E-state index in [0.29, 0.717) is 17.1 Å². The van der Waals surface area contributed by atoms with Gasteiger partial charge >= 0.3 is 6.03 Å². The molecule has 136 valence electrons. The van der Waals surface area contributed by atoms with Crippen molar-refractivity contribution in [2.75, 3.05) is 4.90 Å². The minimum atomic E-state index is -0.366. The Morgan fingerprint density at radius 3 is 2.44 bits per heavy atom. The van der Waals surface area contributed by atoms with Gasteiger partial charge < -0.3 is 4.90 Å². The fourth-order valence-electron chi connectivity index (χ4n) is 3.77. The molecular formula is C22H19ClN2O2. The summed E-state index contributed by atoms with van der Waals surface area (Å²) in [5.41, 5.74) is 2.07. The highest BCUT2D eigenvalue weighted by Crippen LogP contribution is 2.36. The standard InChI is InChI=1S/C22H19ClN2O2/c1-15-6-5-9-20-21(26)25(22(27)24(15)20)19-13-12-17(14-18(19)23)11-10-16-7-3-2-4-8-16/h2-4,7-8,12-15,20H,5-6,9H2,1H3. The van der Waals surface area contributed by atoms with Gasteiger partial charge in [0.05, 0.1) is 10.7 Å². The minimum Gasteiger partial charge on any atom is -0.309 e. The largest absolute Gasteiger partial charge is 0.332 e. The number of imide groups is 1. The number of halogens is 1. The van der Waals surface area contributed by atoms with Crippen LogP contribution >= 0.6 is 11.6 Å². The van der Waals surface area contributed by atoms with Crippen molar-refractivity contribution in [2.24, 2.45) is 0 Å². The van der Waals surface area contributed by atoms with Gasteiger partial charge in [0, 0.05) is 17.2 Å². The summed E-state index contributed by atoms with van der Waals surface area (Å²) < 4.78 is 0. The third kappa shape index (κ3) is 3.20. The highest BCUT2D eigenvalue weighted by Gasteiger charge is 2.49. The maximum absolute atomic E-state index is 12.9. The number of carbonyl (C=O) groups is 2. The Labute approximate surface area is 163 Å². The van der Waals surface area contributed by atoms with Crippen molar-refractivity contribution in [1.29, 1.82) is 0 Å². The Hall–Kier alpha value is -2.77. The van der Waals surface area contributed by atoms with Crippen molar-refractivity contribution in [3.8, 4) is 11.8 Å². The Kier molecular flexibility index (Phi) is 4.63. The summed E-state index contributed by atoms with van der Waals surface area (Å²) in [5, 5.41) is 0.351. The molecule has 0 N–H and O–H groups in total. The Morgan fingerprint density at radius 2 is 1.74 bits per heavy atom. The van der Waals surface area contributed by atoms with Gasteiger partial charge in [-0.2, -0.15) is 0 Å². The van der Waals surface area contributed by atoms with Crippen LogP contribution in [-0.4, -0.2) is 28.9 Å². The van der Waals surface area contributed by atoms with Gasteiger partial charge in [-0.1, -0.05) is 41.6 Å². The molecule has 5 heteroatoms. The fraction of sp³-hybridized carbons (Fsp3) is 0.273. The highest BCUT2D eigenvalue weighted by molar-refractivity contribution is 6.36. The summed E-state index contributed by atoms with van der Waals surface area (Å²) in [6.45, 7) is 1.99. The van der Waals surface area contributed by atoms with E-state index in [9.17, 15) is 9.59 Å². The first-order valence-electron chi connectivity index (χ1n) is 9.09. The predicted molar refractivity (Wildman–Crippen MR) is 106 cm³/mol. The molecule has 2 aliphatic heterocycles. The van der Waals surface area contributed by atoms with Crippen LogP contribution in [0.3, 0.4) is 0 Å². The smallest absolute Gasteiger partial charge is 0.309 e. The zero-order valence-corrected chi connectivity index (χ0v) is 15.7. The molecule has 0 aromatic heterocycles. The zero-order chi connectivity index (χ0) is 19.0. The molecule has 2 aliphatic rings. The normalized spacial score (nSPS) is 21.7. The van der Waals surface area contributed by atoms with Gasteiger partial charge in [-0.15, -0.1) is 0 Å². The second-order valence-corrected chi connectivity index (χ2v) is 7.35. The first kappa shape index (κ1) is 17.6. The molecule has 0 radical (unpaired) electrons. The second-order valence-electron chi connectivity index (χ2n) is 6.94. The number of fused-ring (bicyclic) bond motifs is 1. The van der Waals surface area contributed by atoms with Crippen molar-refractivity contribution < 1.29 is 9.59 Å². The maximum atomic E-state index is 12.9. The topological polar surface area (TPSA) is 40.6 Å². The Morgan fingerprint density at radius 1 is 1.00 bits per heavy atom. The Bertz CT molecular complexity index is 961. The molecule has 4 nitrogen and oxygen atoms in total. The van der Waals surface area contributed by atoms with Crippen LogP contribution in [0.15, 0.2) is 48.5 Å². The van der Waals surface area contributed by atoms with E-state index in [0.717, 1.165) is 24.0 Å². The number of rotatable bonds is 1. The van der Waals surface area contributed by atoms with E-state index >= 15 is 0 Å². The highest BCUT2D eigenvalue weighted by atomic mass is 35.5. The van der Waals surface area contributed by atoms with Crippen LogP contribution in [0.4, 0.5) is 10.5 Å². The molecule has 3 amide bonds. The molecule has 2 saturated heterocycles. The molecule has 0 aliphatic carbocycles. The molecule has 2 atom stereocenters. The van der Waals surface area contributed by atoms with Crippen LogP contribution < -0.4 is 4.90 Å². The summed E-state index contributed by atoms with van der Waals surface area (Å²) in [6, 6.07) is 14.3. The number of anilines is 1. The lowest BCUT2D eigenvalue weighted by molar-refractivity contribution is -0.120. The van der Waals surface area contributed by atoms with Crippen molar-refractivity contribution in [3.63, 3.8) is 0 Å². The molecule has 2 aromatic carbocycles. The average molecular weight is 379 g/mol. The lowest BCUT2D eigenvalue weighted by Gasteiger charge is -2.32. The molecular weight excluding hydrogens is 360 g/mol. The molecule has 2 aromatic rings. The summed E-state index contributed by atoms with van der Waals surface area (Å²) in [7, 11) is 0. The molecule has 0 bridgehead atoms. The van der Waals surface area contributed by atoms with Gasteiger partial charge in [0.2, 0.25) is 0 Å². The van der Waals surface area contributed by atoms with E-state index < -0.39 is 0 Å². The molecule has 0 spiro atoms. The van der Waals surface area contributed by atoms with Crippen molar-refractivity contribution in [1.82, 2.24) is 4.90 Å². The lowest BCUT2D eigenvalue weighted by Crippen LogP contribution is -2.45. The van der Waals surface area contributed by atoms with Crippen LogP contribution in [0, 0.1) is 11.8 Å². The number of amides is 3. The van der Waals surface area contributed by atoms with Crippen LogP contribution in [0.25, 0.3) is 0 Å². The average Bonchev–Trinajstić information content (AvgIpc) is 2.93. The summed E-state index contributed by atoms with van der Waals surface area (Å²) in [5.74, 6) is 5.96. The van der Waals surface area contributed by atoms with Gasteiger partial charge in [0.1, 0.15) is 6.04 Å². The lowest BCUT2D eigenvalue weighted by atomic mass is 9.98. The molecule has 0 saturated carbocycles. The molecule has 27 heavy (non-hydrogen) atoms. The minimum absolute atomic E-state index is 0.0694.